The van der Waals surface area contributed by atoms with Crippen molar-refractivity contribution in [1.82, 2.24) is 10.2 Å². The van der Waals surface area contributed by atoms with Crippen LogP contribution in [0.15, 0.2) is 53.1 Å². The predicted octanol–water partition coefficient (Wildman–Crippen LogP) is 1.70. The van der Waals surface area contributed by atoms with Crippen LogP contribution >= 0.6 is 0 Å². The van der Waals surface area contributed by atoms with Gasteiger partial charge in [-0.05, 0) is 24.6 Å². The molecule has 2 saturated heterocycles. The first kappa shape index (κ1) is 18.4. The number of hydrogen-bond acceptors (Lipinski definition) is 6. The van der Waals surface area contributed by atoms with Gasteiger partial charge in [0, 0.05) is 13.0 Å². The SMILES string of the molecule is CCN1C(=O)[C@@H]2[C@@H](C1=O)[C@](Cc1ccccc1)(C(=O)OC)N[C@H]2c1ccco1. The Labute approximate surface area is 162 Å². The number of fused-ring (bicyclic) bond motifs is 1. The third kappa shape index (κ3) is 2.57. The van der Waals surface area contributed by atoms with E-state index in [4.69, 9.17) is 9.15 Å². The average Bonchev–Trinajstić information content (AvgIpc) is 3.40. The van der Waals surface area contributed by atoms with Crippen molar-refractivity contribution in [2.45, 2.75) is 24.9 Å². The Kier molecular flexibility index (Phi) is 4.55. The number of ether oxygens (including phenoxy) is 1. The molecule has 4 atom stereocenters. The summed E-state index contributed by atoms with van der Waals surface area (Å²) in [6.07, 6.45) is 1.75. The Morgan fingerprint density at radius 2 is 1.93 bits per heavy atom. The monoisotopic (exact) mass is 382 g/mol. The molecule has 7 nitrogen and oxygen atoms in total. The van der Waals surface area contributed by atoms with Gasteiger partial charge in [0.05, 0.1) is 31.3 Å². The maximum atomic E-state index is 13.2. The van der Waals surface area contributed by atoms with Gasteiger partial charge in [-0.2, -0.15) is 0 Å². The number of furan rings is 1. The zero-order valence-corrected chi connectivity index (χ0v) is 15.8. The van der Waals surface area contributed by atoms with E-state index in [0.717, 1.165) is 5.56 Å². The van der Waals surface area contributed by atoms with Crippen molar-refractivity contribution in [3.05, 3.63) is 60.1 Å². The van der Waals surface area contributed by atoms with Gasteiger partial charge < -0.3 is 9.15 Å². The van der Waals surface area contributed by atoms with Crippen LogP contribution in [0.3, 0.4) is 0 Å². The van der Waals surface area contributed by atoms with Gasteiger partial charge in [-0.1, -0.05) is 30.3 Å². The number of nitrogens with one attached hydrogen (secondary N) is 1. The molecule has 1 aromatic carbocycles. The molecular formula is C21H22N2O5. The summed E-state index contributed by atoms with van der Waals surface area (Å²) in [6, 6.07) is 12.3. The molecule has 4 rings (SSSR count). The van der Waals surface area contributed by atoms with Crippen LogP contribution in [0, 0.1) is 11.8 Å². The maximum Gasteiger partial charge on any atom is 0.327 e. The minimum Gasteiger partial charge on any atom is -0.468 e. The summed E-state index contributed by atoms with van der Waals surface area (Å²) in [5, 5.41) is 3.28. The number of carbonyl (C=O) groups is 3. The zero-order chi connectivity index (χ0) is 19.9. The fourth-order valence-corrected chi connectivity index (χ4v) is 4.61. The van der Waals surface area contributed by atoms with Crippen LogP contribution in [0.2, 0.25) is 0 Å². The number of likely N-dealkylation sites (tertiary alicyclic amines) is 1. The third-order valence-electron chi connectivity index (χ3n) is 5.79. The maximum absolute atomic E-state index is 13.2. The molecule has 2 amide bonds. The van der Waals surface area contributed by atoms with Gasteiger partial charge in [-0.25, -0.2) is 0 Å². The smallest absolute Gasteiger partial charge is 0.327 e. The molecule has 0 radical (unpaired) electrons. The molecule has 146 valence electrons. The lowest BCUT2D eigenvalue weighted by Crippen LogP contribution is -2.57. The van der Waals surface area contributed by atoms with E-state index < -0.39 is 29.4 Å². The van der Waals surface area contributed by atoms with Crippen LogP contribution in [0.5, 0.6) is 0 Å². The number of hydrogen-bond donors (Lipinski definition) is 1. The zero-order valence-electron chi connectivity index (χ0n) is 15.8. The fraction of sp³-hybridized carbons (Fsp3) is 0.381. The minimum absolute atomic E-state index is 0.232. The minimum atomic E-state index is -1.35. The number of methoxy groups -OCH3 is 1. The van der Waals surface area contributed by atoms with Crippen molar-refractivity contribution in [3.63, 3.8) is 0 Å². The number of carbonyl (C=O) groups excluding carboxylic acids is 3. The third-order valence-corrected chi connectivity index (χ3v) is 5.79. The highest BCUT2D eigenvalue weighted by Gasteiger charge is 2.68. The molecule has 28 heavy (non-hydrogen) atoms. The lowest BCUT2D eigenvalue weighted by molar-refractivity contribution is -0.154. The molecule has 2 aliphatic heterocycles. The van der Waals surface area contributed by atoms with E-state index in [0.29, 0.717) is 5.76 Å². The quantitative estimate of drug-likeness (QED) is 0.625. The molecular weight excluding hydrogens is 360 g/mol. The van der Waals surface area contributed by atoms with E-state index in [2.05, 4.69) is 5.32 Å². The second kappa shape index (κ2) is 6.91. The molecule has 7 heteroatoms. The topological polar surface area (TPSA) is 88.9 Å². The van der Waals surface area contributed by atoms with Crippen molar-refractivity contribution >= 4 is 17.8 Å². The molecule has 0 unspecified atom stereocenters. The summed E-state index contributed by atoms with van der Waals surface area (Å²) in [5.41, 5.74) is -0.482. The summed E-state index contributed by atoms with van der Waals surface area (Å²) in [7, 11) is 1.30. The lowest BCUT2D eigenvalue weighted by Gasteiger charge is -2.32. The average molecular weight is 382 g/mol. The van der Waals surface area contributed by atoms with E-state index in [1.54, 1.807) is 19.1 Å². The molecule has 0 bridgehead atoms. The highest BCUT2D eigenvalue weighted by molar-refractivity contribution is 6.09. The molecule has 2 fully saturated rings. The second-order valence-corrected chi connectivity index (χ2v) is 7.19. The molecule has 0 saturated carbocycles. The van der Waals surface area contributed by atoms with Gasteiger partial charge in [0.25, 0.3) is 0 Å². The van der Waals surface area contributed by atoms with Crippen LogP contribution in [-0.2, 0) is 25.5 Å². The molecule has 3 heterocycles. The summed E-state index contributed by atoms with van der Waals surface area (Å²) in [5.74, 6) is -2.25. The van der Waals surface area contributed by atoms with E-state index >= 15 is 0 Å². The number of nitrogens with zero attached hydrogens (tertiary/aromatic N) is 1. The van der Waals surface area contributed by atoms with Crippen molar-refractivity contribution in [2.24, 2.45) is 11.8 Å². The van der Waals surface area contributed by atoms with E-state index in [1.807, 2.05) is 30.3 Å². The molecule has 1 aromatic heterocycles. The van der Waals surface area contributed by atoms with Gasteiger partial charge in [-0.15, -0.1) is 0 Å². The van der Waals surface area contributed by atoms with Crippen LogP contribution in [-0.4, -0.2) is 41.9 Å². The van der Waals surface area contributed by atoms with Gasteiger partial charge in [0.1, 0.15) is 11.3 Å². The van der Waals surface area contributed by atoms with Crippen LogP contribution in [0.4, 0.5) is 0 Å². The van der Waals surface area contributed by atoms with Crippen molar-refractivity contribution < 1.29 is 23.5 Å². The number of esters is 1. The first-order valence-electron chi connectivity index (χ1n) is 9.32. The van der Waals surface area contributed by atoms with E-state index in [1.165, 1.54) is 18.3 Å². The molecule has 2 aliphatic rings. The Morgan fingerprint density at radius 1 is 1.18 bits per heavy atom. The van der Waals surface area contributed by atoms with Gasteiger partial charge in [0.2, 0.25) is 11.8 Å². The molecule has 1 N–H and O–H groups in total. The van der Waals surface area contributed by atoms with Gasteiger partial charge >= 0.3 is 5.97 Å². The van der Waals surface area contributed by atoms with E-state index in [9.17, 15) is 14.4 Å². The van der Waals surface area contributed by atoms with Gasteiger partial charge in [-0.3, -0.25) is 24.6 Å². The standard InChI is InChI=1S/C21H22N2O5/c1-3-23-18(24)15-16(19(23)25)21(20(26)27-2,12-13-8-5-4-6-9-13)22-17(15)14-10-7-11-28-14/h4-11,15-17,22H,3,12H2,1-2H3/t15-,16+,17+,21-/m1/s1. The Balaban J connectivity index is 1.86. The van der Waals surface area contributed by atoms with Crippen molar-refractivity contribution in [3.8, 4) is 0 Å². The molecule has 2 aromatic rings. The first-order valence-corrected chi connectivity index (χ1v) is 9.32. The van der Waals surface area contributed by atoms with Crippen LogP contribution in [0.25, 0.3) is 0 Å². The largest absolute Gasteiger partial charge is 0.468 e. The summed E-state index contributed by atoms with van der Waals surface area (Å²) >= 11 is 0. The predicted molar refractivity (Wildman–Crippen MR) is 98.9 cm³/mol. The fourth-order valence-electron chi connectivity index (χ4n) is 4.61. The van der Waals surface area contributed by atoms with Crippen molar-refractivity contribution in [2.75, 3.05) is 13.7 Å². The highest BCUT2D eigenvalue weighted by atomic mass is 16.5. The van der Waals surface area contributed by atoms with Gasteiger partial charge in [0.15, 0.2) is 0 Å². The Hall–Kier alpha value is -2.93. The number of benzene rings is 1. The van der Waals surface area contributed by atoms with E-state index in [-0.39, 0.29) is 24.8 Å². The Bertz CT molecular complexity index is 895. The second-order valence-electron chi connectivity index (χ2n) is 7.19. The van der Waals surface area contributed by atoms with Crippen LogP contribution < -0.4 is 5.32 Å². The summed E-state index contributed by atoms with van der Waals surface area (Å²) in [6.45, 7) is 2.02. The highest BCUT2D eigenvalue weighted by Crippen LogP contribution is 2.50. The normalized spacial score (nSPS) is 29.2. The number of amides is 2. The number of imide groups is 1. The Morgan fingerprint density at radius 3 is 2.54 bits per heavy atom. The van der Waals surface area contributed by atoms with Crippen LogP contribution in [0.1, 0.15) is 24.3 Å². The molecule has 0 spiro atoms. The molecule has 0 aliphatic carbocycles. The first-order chi connectivity index (χ1) is 13.5. The number of rotatable bonds is 5. The summed E-state index contributed by atoms with van der Waals surface area (Å²) < 4.78 is 10.7. The summed E-state index contributed by atoms with van der Waals surface area (Å²) in [4.78, 5) is 40.5. The van der Waals surface area contributed by atoms with Crippen molar-refractivity contribution in [1.29, 1.82) is 0 Å². The lowest BCUT2D eigenvalue weighted by atomic mass is 9.76.